The lowest BCUT2D eigenvalue weighted by atomic mass is 9.99. The van der Waals surface area contributed by atoms with Crippen molar-refractivity contribution in [3.63, 3.8) is 0 Å². The van der Waals surface area contributed by atoms with Crippen LogP contribution in [0.2, 0.25) is 0 Å². The van der Waals surface area contributed by atoms with Gasteiger partial charge in [-0.3, -0.25) is 4.79 Å². The average molecular weight is 291 g/mol. The van der Waals surface area contributed by atoms with Crippen LogP contribution in [0.4, 0.5) is 0 Å². The van der Waals surface area contributed by atoms with Crippen molar-refractivity contribution >= 4 is 5.91 Å². The molecule has 4 rings (SSSR count). The van der Waals surface area contributed by atoms with Crippen molar-refractivity contribution in [3.8, 4) is 0 Å². The molecule has 0 N–H and O–H groups in total. The van der Waals surface area contributed by atoms with Crippen LogP contribution in [0, 0.1) is 12.8 Å². The van der Waals surface area contributed by atoms with Crippen LogP contribution in [0.5, 0.6) is 0 Å². The van der Waals surface area contributed by atoms with Gasteiger partial charge in [0.1, 0.15) is 0 Å². The Bertz CT molecular complexity index is 704. The SMILES string of the molecule is Cc1ccc(C2CC2C(=O)N2CCc3ccccc3C2)cc1. The van der Waals surface area contributed by atoms with Crippen LogP contribution in [0.15, 0.2) is 48.5 Å². The monoisotopic (exact) mass is 291 g/mol. The van der Waals surface area contributed by atoms with E-state index in [1.165, 1.54) is 22.3 Å². The number of hydrogen-bond donors (Lipinski definition) is 0. The fraction of sp³-hybridized carbons (Fsp3) is 0.350. The quantitative estimate of drug-likeness (QED) is 0.826. The third kappa shape index (κ3) is 2.43. The van der Waals surface area contributed by atoms with E-state index < -0.39 is 0 Å². The van der Waals surface area contributed by atoms with Gasteiger partial charge in [0, 0.05) is 19.0 Å². The van der Waals surface area contributed by atoms with Crippen molar-refractivity contribution in [2.24, 2.45) is 5.92 Å². The van der Waals surface area contributed by atoms with Gasteiger partial charge in [0.15, 0.2) is 0 Å². The third-order valence-corrected chi connectivity index (χ3v) is 5.06. The minimum Gasteiger partial charge on any atom is -0.338 e. The molecule has 112 valence electrons. The Kier molecular flexibility index (Phi) is 3.25. The summed E-state index contributed by atoms with van der Waals surface area (Å²) in [6, 6.07) is 17.1. The van der Waals surface area contributed by atoms with Gasteiger partial charge in [-0.1, -0.05) is 54.1 Å². The van der Waals surface area contributed by atoms with Crippen molar-refractivity contribution in [3.05, 3.63) is 70.8 Å². The molecular weight excluding hydrogens is 270 g/mol. The van der Waals surface area contributed by atoms with Crippen molar-refractivity contribution in [1.82, 2.24) is 4.90 Å². The number of aryl methyl sites for hydroxylation is 1. The lowest BCUT2D eigenvalue weighted by molar-refractivity contribution is -0.133. The van der Waals surface area contributed by atoms with Crippen LogP contribution < -0.4 is 0 Å². The van der Waals surface area contributed by atoms with E-state index in [1.54, 1.807) is 0 Å². The summed E-state index contributed by atoms with van der Waals surface area (Å²) in [7, 11) is 0. The molecule has 22 heavy (non-hydrogen) atoms. The van der Waals surface area contributed by atoms with Gasteiger partial charge in [0.05, 0.1) is 0 Å². The van der Waals surface area contributed by atoms with E-state index in [0.717, 1.165) is 25.9 Å². The molecule has 2 aromatic carbocycles. The van der Waals surface area contributed by atoms with Crippen LogP contribution >= 0.6 is 0 Å². The first-order valence-electron chi connectivity index (χ1n) is 8.14. The zero-order valence-electron chi connectivity index (χ0n) is 13.0. The van der Waals surface area contributed by atoms with E-state index in [-0.39, 0.29) is 5.92 Å². The van der Waals surface area contributed by atoms with Crippen LogP contribution in [0.1, 0.15) is 34.6 Å². The predicted octanol–water partition coefficient (Wildman–Crippen LogP) is 3.68. The van der Waals surface area contributed by atoms with Gasteiger partial charge in [-0.05, 0) is 42.4 Å². The zero-order valence-corrected chi connectivity index (χ0v) is 13.0. The van der Waals surface area contributed by atoms with E-state index in [0.29, 0.717) is 11.8 Å². The smallest absolute Gasteiger partial charge is 0.226 e. The Morgan fingerprint density at radius 1 is 1.05 bits per heavy atom. The Labute approximate surface area is 131 Å². The van der Waals surface area contributed by atoms with E-state index in [9.17, 15) is 4.79 Å². The molecule has 1 fully saturated rings. The van der Waals surface area contributed by atoms with E-state index >= 15 is 0 Å². The first-order valence-corrected chi connectivity index (χ1v) is 8.14. The van der Waals surface area contributed by atoms with E-state index in [1.807, 2.05) is 0 Å². The van der Waals surface area contributed by atoms with Crippen LogP contribution in [-0.4, -0.2) is 17.4 Å². The maximum Gasteiger partial charge on any atom is 0.226 e. The Morgan fingerprint density at radius 2 is 1.77 bits per heavy atom. The fourth-order valence-corrected chi connectivity index (χ4v) is 3.57. The van der Waals surface area contributed by atoms with Gasteiger partial charge in [-0.15, -0.1) is 0 Å². The number of benzene rings is 2. The predicted molar refractivity (Wildman–Crippen MR) is 87.6 cm³/mol. The highest BCUT2D eigenvalue weighted by Gasteiger charge is 2.45. The normalized spacial score (nSPS) is 23.0. The third-order valence-electron chi connectivity index (χ3n) is 5.06. The first-order chi connectivity index (χ1) is 10.7. The summed E-state index contributed by atoms with van der Waals surface area (Å²) in [6.07, 6.45) is 2.00. The van der Waals surface area contributed by atoms with Gasteiger partial charge in [0.2, 0.25) is 5.91 Å². The van der Waals surface area contributed by atoms with Crippen molar-refractivity contribution in [2.75, 3.05) is 6.54 Å². The molecular formula is C20H21NO. The lowest BCUT2D eigenvalue weighted by Crippen LogP contribution is -2.37. The number of nitrogens with zero attached hydrogens (tertiary/aromatic N) is 1. The highest BCUT2D eigenvalue weighted by atomic mass is 16.2. The highest BCUT2D eigenvalue weighted by molar-refractivity contribution is 5.83. The number of fused-ring (bicyclic) bond motifs is 1. The van der Waals surface area contributed by atoms with Crippen molar-refractivity contribution in [1.29, 1.82) is 0 Å². The molecule has 0 aromatic heterocycles. The van der Waals surface area contributed by atoms with Crippen molar-refractivity contribution < 1.29 is 4.79 Å². The molecule has 1 heterocycles. The van der Waals surface area contributed by atoms with Gasteiger partial charge in [0.25, 0.3) is 0 Å². The molecule has 2 unspecified atom stereocenters. The summed E-state index contributed by atoms with van der Waals surface area (Å²) in [4.78, 5) is 14.8. The fourth-order valence-electron chi connectivity index (χ4n) is 3.57. The van der Waals surface area contributed by atoms with Crippen LogP contribution in [0.3, 0.4) is 0 Å². The Balaban J connectivity index is 1.45. The Morgan fingerprint density at radius 3 is 2.55 bits per heavy atom. The van der Waals surface area contributed by atoms with Gasteiger partial charge in [-0.2, -0.15) is 0 Å². The lowest BCUT2D eigenvalue weighted by Gasteiger charge is -2.29. The van der Waals surface area contributed by atoms with Gasteiger partial charge in [-0.25, -0.2) is 0 Å². The van der Waals surface area contributed by atoms with E-state index in [4.69, 9.17) is 0 Å². The molecule has 0 saturated heterocycles. The molecule has 1 amide bonds. The van der Waals surface area contributed by atoms with Gasteiger partial charge >= 0.3 is 0 Å². The van der Waals surface area contributed by atoms with Crippen LogP contribution in [-0.2, 0) is 17.8 Å². The molecule has 2 aliphatic rings. The summed E-state index contributed by atoms with van der Waals surface area (Å²) in [5, 5.41) is 0. The highest BCUT2D eigenvalue weighted by Crippen LogP contribution is 2.48. The molecule has 2 aromatic rings. The summed E-state index contributed by atoms with van der Waals surface area (Å²) in [5.41, 5.74) is 5.31. The van der Waals surface area contributed by atoms with Gasteiger partial charge < -0.3 is 4.90 Å². The minimum atomic E-state index is 0.202. The molecule has 2 atom stereocenters. The number of carbonyl (C=O) groups is 1. The molecule has 2 nitrogen and oxygen atoms in total. The second-order valence-corrected chi connectivity index (χ2v) is 6.64. The van der Waals surface area contributed by atoms with Crippen LogP contribution in [0.25, 0.3) is 0 Å². The second-order valence-electron chi connectivity index (χ2n) is 6.64. The summed E-state index contributed by atoms with van der Waals surface area (Å²) < 4.78 is 0. The number of carbonyl (C=O) groups excluding carboxylic acids is 1. The minimum absolute atomic E-state index is 0.202. The molecule has 0 radical (unpaired) electrons. The first kappa shape index (κ1) is 13.6. The Hall–Kier alpha value is -2.09. The topological polar surface area (TPSA) is 20.3 Å². The maximum absolute atomic E-state index is 12.7. The number of rotatable bonds is 2. The molecule has 1 aliphatic heterocycles. The zero-order chi connectivity index (χ0) is 15.1. The average Bonchev–Trinajstić information content (AvgIpc) is 3.35. The molecule has 0 bridgehead atoms. The number of hydrogen-bond acceptors (Lipinski definition) is 1. The van der Waals surface area contributed by atoms with Crippen molar-refractivity contribution in [2.45, 2.75) is 32.2 Å². The molecule has 0 spiro atoms. The molecule has 1 saturated carbocycles. The summed E-state index contributed by atoms with van der Waals surface area (Å²) >= 11 is 0. The number of amides is 1. The summed E-state index contributed by atoms with van der Waals surface area (Å²) in [6.45, 7) is 3.75. The molecule has 2 heteroatoms. The molecule has 1 aliphatic carbocycles. The summed E-state index contributed by atoms with van der Waals surface area (Å²) in [5.74, 6) is 0.985. The van der Waals surface area contributed by atoms with E-state index in [2.05, 4.69) is 60.4 Å². The largest absolute Gasteiger partial charge is 0.338 e. The standard InChI is InChI=1S/C20H21NO/c1-14-6-8-16(9-7-14)18-12-19(18)20(22)21-11-10-15-4-2-3-5-17(15)13-21/h2-9,18-19H,10-13H2,1H3. The second kappa shape index (κ2) is 5.28. The maximum atomic E-state index is 12.7.